The summed E-state index contributed by atoms with van der Waals surface area (Å²) in [7, 11) is 0. The third-order valence-corrected chi connectivity index (χ3v) is 3.04. The maximum absolute atomic E-state index is 11.6. The molecule has 0 bridgehead atoms. The number of nitrogens with zero attached hydrogens (tertiary/aromatic N) is 1. The zero-order chi connectivity index (χ0) is 11.5. The summed E-state index contributed by atoms with van der Waals surface area (Å²) in [4.78, 5) is 13.9. The van der Waals surface area contributed by atoms with E-state index in [1.165, 1.54) is 0 Å². The number of carbonyl (C=O) groups excluding carboxylic acids is 1. The minimum absolute atomic E-state index is 0.0159. The Morgan fingerprint density at radius 3 is 2.40 bits per heavy atom. The second kappa shape index (κ2) is 4.94. The monoisotopic (exact) mass is 213 g/mol. The van der Waals surface area contributed by atoms with E-state index in [0.717, 1.165) is 32.5 Å². The summed E-state index contributed by atoms with van der Waals surface area (Å²) < 4.78 is 0. The van der Waals surface area contributed by atoms with E-state index in [1.807, 2.05) is 6.92 Å². The molecule has 15 heavy (non-hydrogen) atoms. The van der Waals surface area contributed by atoms with Crippen molar-refractivity contribution in [3.05, 3.63) is 0 Å². The predicted molar refractivity (Wildman–Crippen MR) is 61.5 cm³/mol. The molecule has 1 atom stereocenters. The molecule has 0 heterocycles. The van der Waals surface area contributed by atoms with E-state index in [0.29, 0.717) is 0 Å². The summed E-state index contributed by atoms with van der Waals surface area (Å²) >= 11 is 0. The van der Waals surface area contributed by atoms with E-state index in [1.54, 1.807) is 0 Å². The van der Waals surface area contributed by atoms with Gasteiger partial charge in [-0.25, -0.2) is 0 Å². The Labute approximate surface area is 92.2 Å². The van der Waals surface area contributed by atoms with Gasteiger partial charge in [0.05, 0.1) is 5.54 Å². The van der Waals surface area contributed by atoms with Crippen LogP contribution in [0.15, 0.2) is 0 Å². The average molecular weight is 213 g/mol. The predicted octanol–water partition coefficient (Wildman–Crippen LogP) is 0.324. The Morgan fingerprint density at radius 1 is 1.47 bits per heavy atom. The molecule has 0 aromatic rings. The van der Waals surface area contributed by atoms with Crippen molar-refractivity contribution in [2.24, 2.45) is 5.73 Å². The fourth-order valence-electron chi connectivity index (χ4n) is 1.64. The molecule has 0 aromatic carbocycles. The lowest BCUT2D eigenvalue weighted by Crippen LogP contribution is -2.49. The van der Waals surface area contributed by atoms with Gasteiger partial charge in [0, 0.05) is 12.6 Å². The van der Waals surface area contributed by atoms with Gasteiger partial charge in [0.2, 0.25) is 5.91 Å². The standard InChI is InChI=1S/C11H23N3O/c1-4-14(5-2)8-9(3)13-10(15)11(12)6-7-11/h9H,4-8,12H2,1-3H3,(H,13,15). The molecule has 0 aliphatic heterocycles. The summed E-state index contributed by atoms with van der Waals surface area (Å²) in [6.45, 7) is 9.22. The van der Waals surface area contributed by atoms with Crippen LogP contribution in [-0.2, 0) is 4.79 Å². The van der Waals surface area contributed by atoms with Gasteiger partial charge in [0.25, 0.3) is 0 Å². The first-order valence-corrected chi connectivity index (χ1v) is 5.84. The van der Waals surface area contributed by atoms with Gasteiger partial charge >= 0.3 is 0 Å². The molecule has 1 saturated carbocycles. The number of nitrogens with one attached hydrogen (secondary N) is 1. The first kappa shape index (κ1) is 12.5. The third kappa shape index (κ3) is 3.47. The molecule has 0 saturated heterocycles. The van der Waals surface area contributed by atoms with Crippen LogP contribution in [0.2, 0.25) is 0 Å². The van der Waals surface area contributed by atoms with E-state index in [2.05, 4.69) is 24.1 Å². The highest BCUT2D eigenvalue weighted by atomic mass is 16.2. The summed E-state index contributed by atoms with van der Waals surface area (Å²) in [5.41, 5.74) is 5.26. The normalized spacial score (nSPS) is 20.1. The van der Waals surface area contributed by atoms with Crippen LogP contribution in [0, 0.1) is 0 Å². The Morgan fingerprint density at radius 2 is 2.00 bits per heavy atom. The minimum Gasteiger partial charge on any atom is -0.351 e. The molecule has 1 unspecified atom stereocenters. The van der Waals surface area contributed by atoms with E-state index in [-0.39, 0.29) is 11.9 Å². The molecule has 1 fully saturated rings. The van der Waals surface area contributed by atoms with Crippen molar-refractivity contribution in [2.75, 3.05) is 19.6 Å². The number of likely N-dealkylation sites (N-methyl/N-ethyl adjacent to an activating group) is 1. The maximum atomic E-state index is 11.6. The number of hydrogen-bond acceptors (Lipinski definition) is 3. The van der Waals surface area contributed by atoms with Gasteiger partial charge < -0.3 is 16.0 Å². The molecule has 1 aliphatic rings. The van der Waals surface area contributed by atoms with Crippen molar-refractivity contribution in [3.63, 3.8) is 0 Å². The lowest BCUT2D eigenvalue weighted by Gasteiger charge is -2.24. The van der Waals surface area contributed by atoms with Crippen molar-refractivity contribution < 1.29 is 4.79 Å². The Kier molecular flexibility index (Phi) is 4.11. The zero-order valence-electron chi connectivity index (χ0n) is 10.0. The highest BCUT2D eigenvalue weighted by molar-refractivity contribution is 5.89. The molecule has 0 radical (unpaired) electrons. The van der Waals surface area contributed by atoms with Gasteiger partial charge in [0.1, 0.15) is 0 Å². The van der Waals surface area contributed by atoms with Crippen LogP contribution >= 0.6 is 0 Å². The van der Waals surface area contributed by atoms with E-state index in [9.17, 15) is 4.79 Å². The maximum Gasteiger partial charge on any atom is 0.240 e. The van der Waals surface area contributed by atoms with Crippen molar-refractivity contribution in [2.45, 2.75) is 45.2 Å². The number of hydrogen-bond donors (Lipinski definition) is 2. The van der Waals surface area contributed by atoms with Crippen LogP contribution in [0.5, 0.6) is 0 Å². The molecule has 1 amide bonds. The van der Waals surface area contributed by atoms with Crippen LogP contribution in [0.25, 0.3) is 0 Å². The zero-order valence-corrected chi connectivity index (χ0v) is 10.0. The molecule has 0 spiro atoms. The van der Waals surface area contributed by atoms with Gasteiger partial charge in [-0.1, -0.05) is 13.8 Å². The molecular formula is C11H23N3O. The number of nitrogens with two attached hydrogens (primary N) is 1. The molecule has 88 valence electrons. The lowest BCUT2D eigenvalue weighted by molar-refractivity contribution is -0.124. The Balaban J connectivity index is 2.28. The summed E-state index contributed by atoms with van der Waals surface area (Å²) in [6.07, 6.45) is 1.66. The van der Waals surface area contributed by atoms with Gasteiger partial charge in [-0.15, -0.1) is 0 Å². The highest BCUT2D eigenvalue weighted by Gasteiger charge is 2.46. The number of amides is 1. The van der Waals surface area contributed by atoms with Gasteiger partial charge in [0.15, 0.2) is 0 Å². The van der Waals surface area contributed by atoms with Crippen molar-refractivity contribution in [1.82, 2.24) is 10.2 Å². The second-order valence-electron chi connectivity index (χ2n) is 4.52. The molecule has 4 nitrogen and oxygen atoms in total. The third-order valence-electron chi connectivity index (χ3n) is 3.04. The van der Waals surface area contributed by atoms with Gasteiger partial charge in [-0.2, -0.15) is 0 Å². The molecule has 1 rings (SSSR count). The molecule has 3 N–H and O–H groups in total. The molecular weight excluding hydrogens is 190 g/mol. The quantitative estimate of drug-likeness (QED) is 0.668. The second-order valence-corrected chi connectivity index (χ2v) is 4.52. The van der Waals surface area contributed by atoms with Crippen LogP contribution in [0.4, 0.5) is 0 Å². The smallest absolute Gasteiger partial charge is 0.240 e. The molecule has 4 heteroatoms. The van der Waals surface area contributed by atoms with Crippen molar-refractivity contribution in [3.8, 4) is 0 Å². The van der Waals surface area contributed by atoms with Crippen molar-refractivity contribution in [1.29, 1.82) is 0 Å². The van der Waals surface area contributed by atoms with Crippen LogP contribution in [0.1, 0.15) is 33.6 Å². The summed E-state index contributed by atoms with van der Waals surface area (Å²) in [6, 6.07) is 0.179. The van der Waals surface area contributed by atoms with Crippen LogP contribution in [0.3, 0.4) is 0 Å². The van der Waals surface area contributed by atoms with Gasteiger partial charge in [-0.3, -0.25) is 4.79 Å². The summed E-state index contributed by atoms with van der Waals surface area (Å²) in [5, 5.41) is 2.98. The summed E-state index contributed by atoms with van der Waals surface area (Å²) in [5.74, 6) is 0.0159. The molecule has 0 aromatic heterocycles. The number of rotatable bonds is 6. The Hall–Kier alpha value is -0.610. The van der Waals surface area contributed by atoms with E-state index in [4.69, 9.17) is 5.73 Å². The minimum atomic E-state index is -0.544. The first-order valence-electron chi connectivity index (χ1n) is 5.84. The SMILES string of the molecule is CCN(CC)CC(C)NC(=O)C1(N)CC1. The Bertz CT molecular complexity index is 222. The highest BCUT2D eigenvalue weighted by Crippen LogP contribution is 2.32. The number of carbonyl (C=O) groups is 1. The fraction of sp³-hybridized carbons (Fsp3) is 0.909. The lowest BCUT2D eigenvalue weighted by atomic mass is 10.2. The van der Waals surface area contributed by atoms with Crippen LogP contribution in [-0.4, -0.2) is 42.0 Å². The van der Waals surface area contributed by atoms with Crippen LogP contribution < -0.4 is 11.1 Å². The fourth-order valence-corrected chi connectivity index (χ4v) is 1.64. The van der Waals surface area contributed by atoms with E-state index >= 15 is 0 Å². The first-order chi connectivity index (χ1) is 7.01. The van der Waals surface area contributed by atoms with Crippen molar-refractivity contribution >= 4 is 5.91 Å². The average Bonchev–Trinajstić information content (AvgIpc) is 2.94. The molecule has 1 aliphatic carbocycles. The topological polar surface area (TPSA) is 58.4 Å². The largest absolute Gasteiger partial charge is 0.351 e. The van der Waals surface area contributed by atoms with E-state index < -0.39 is 5.54 Å². The van der Waals surface area contributed by atoms with Gasteiger partial charge in [-0.05, 0) is 32.9 Å².